The molecule has 5 nitrogen and oxygen atoms in total. The number of anilines is 1. The van der Waals surface area contributed by atoms with Gasteiger partial charge in [0, 0.05) is 13.1 Å². The van der Waals surface area contributed by atoms with E-state index in [9.17, 15) is 9.59 Å². The van der Waals surface area contributed by atoms with E-state index in [-0.39, 0.29) is 11.8 Å². The normalized spacial score (nSPS) is 15.1. The van der Waals surface area contributed by atoms with Crippen LogP contribution in [0.2, 0.25) is 0 Å². The van der Waals surface area contributed by atoms with Gasteiger partial charge in [-0.1, -0.05) is 42.5 Å². The topological polar surface area (TPSA) is 58.6 Å². The van der Waals surface area contributed by atoms with Crippen molar-refractivity contribution < 1.29 is 14.3 Å². The summed E-state index contributed by atoms with van der Waals surface area (Å²) in [5.74, 6) is 0.708. The highest BCUT2D eigenvalue weighted by molar-refractivity contribution is 6.10. The summed E-state index contributed by atoms with van der Waals surface area (Å²) in [6.45, 7) is 4.77. The van der Waals surface area contributed by atoms with Crippen molar-refractivity contribution in [3.8, 4) is 5.75 Å². The van der Waals surface area contributed by atoms with E-state index in [0.717, 1.165) is 19.3 Å². The predicted molar refractivity (Wildman–Crippen MR) is 115 cm³/mol. The average molecular weight is 395 g/mol. The highest BCUT2D eigenvalue weighted by Gasteiger charge is 2.40. The smallest absolute Gasteiger partial charge is 0.239 e. The fraction of sp³-hybridized carbons (Fsp3) is 0.417. The number of benzene rings is 2. The van der Waals surface area contributed by atoms with Gasteiger partial charge in [-0.25, -0.2) is 0 Å². The molecule has 1 saturated heterocycles. The molecule has 0 aromatic heterocycles. The molecular weight excluding hydrogens is 364 g/mol. The molecule has 2 aromatic carbocycles. The number of ether oxygens (including phenoxy) is 1. The van der Waals surface area contributed by atoms with Crippen LogP contribution in [0.25, 0.3) is 0 Å². The maximum absolute atomic E-state index is 13.1. The van der Waals surface area contributed by atoms with Crippen LogP contribution in [0.1, 0.15) is 32.3 Å². The Labute approximate surface area is 173 Å². The Balaban J connectivity index is 1.58. The second kappa shape index (κ2) is 9.12. The lowest BCUT2D eigenvalue weighted by atomic mass is 9.86. The second-order valence-corrected chi connectivity index (χ2v) is 8.20. The molecule has 1 aliphatic heterocycles. The number of hydrogen-bond acceptors (Lipinski definition) is 3. The number of likely N-dealkylation sites (tertiary alicyclic amines) is 1. The molecule has 0 radical (unpaired) electrons. The highest BCUT2D eigenvalue weighted by Crippen LogP contribution is 2.29. The van der Waals surface area contributed by atoms with Crippen molar-refractivity contribution in [2.24, 2.45) is 11.3 Å². The van der Waals surface area contributed by atoms with Crippen molar-refractivity contribution in [2.45, 2.75) is 33.1 Å². The van der Waals surface area contributed by atoms with Crippen LogP contribution < -0.4 is 10.1 Å². The fourth-order valence-electron chi connectivity index (χ4n) is 3.81. The third-order valence-electron chi connectivity index (χ3n) is 5.73. The molecule has 1 fully saturated rings. The number of carbonyl (C=O) groups excluding carboxylic acids is 2. The summed E-state index contributed by atoms with van der Waals surface area (Å²) >= 11 is 0. The number of hydrogen-bond donors (Lipinski definition) is 1. The number of nitrogens with zero attached hydrogens (tertiary/aromatic N) is 1. The monoisotopic (exact) mass is 394 g/mol. The van der Waals surface area contributed by atoms with Crippen molar-refractivity contribution in [2.75, 3.05) is 25.5 Å². The van der Waals surface area contributed by atoms with Crippen LogP contribution in [-0.2, 0) is 16.0 Å². The summed E-state index contributed by atoms with van der Waals surface area (Å²) in [4.78, 5) is 27.8. The lowest BCUT2D eigenvalue weighted by Gasteiger charge is -2.36. The van der Waals surface area contributed by atoms with Gasteiger partial charge in [-0.05, 0) is 56.7 Å². The fourth-order valence-corrected chi connectivity index (χ4v) is 3.81. The van der Waals surface area contributed by atoms with Gasteiger partial charge in [0.2, 0.25) is 11.8 Å². The first-order valence-electron chi connectivity index (χ1n) is 10.2. The molecule has 1 heterocycles. The zero-order chi connectivity index (χ0) is 20.9. The minimum absolute atomic E-state index is 0.122. The molecule has 5 heteroatoms. The van der Waals surface area contributed by atoms with Gasteiger partial charge in [-0.15, -0.1) is 0 Å². The standard InChI is InChI=1S/C24H30N2O3/c1-24(2,22(27)25-20-11-7-8-12-21(20)29-3)23(28)26-15-13-19(14-16-26)17-18-9-5-4-6-10-18/h4-12,19H,13-17H2,1-3H3,(H,25,27). The Kier molecular flexibility index (Phi) is 6.57. The third kappa shape index (κ3) is 4.97. The Bertz CT molecular complexity index is 840. The van der Waals surface area contributed by atoms with E-state index in [2.05, 4.69) is 29.6 Å². The summed E-state index contributed by atoms with van der Waals surface area (Å²) in [5.41, 5.74) is 0.767. The molecule has 0 bridgehead atoms. The first-order chi connectivity index (χ1) is 13.9. The molecule has 2 aromatic rings. The molecule has 0 atom stereocenters. The van der Waals surface area contributed by atoms with Crippen molar-refractivity contribution >= 4 is 17.5 Å². The van der Waals surface area contributed by atoms with E-state index >= 15 is 0 Å². The predicted octanol–water partition coefficient (Wildman–Crippen LogP) is 4.14. The van der Waals surface area contributed by atoms with E-state index < -0.39 is 5.41 Å². The largest absolute Gasteiger partial charge is 0.495 e. The molecular formula is C24H30N2O3. The maximum Gasteiger partial charge on any atom is 0.239 e. The van der Waals surface area contributed by atoms with Gasteiger partial charge in [0.05, 0.1) is 12.8 Å². The number of para-hydroxylation sites is 2. The SMILES string of the molecule is COc1ccccc1NC(=O)C(C)(C)C(=O)N1CCC(Cc2ccccc2)CC1. The van der Waals surface area contributed by atoms with Gasteiger partial charge in [0.15, 0.2) is 0 Å². The van der Waals surface area contributed by atoms with Crippen LogP contribution >= 0.6 is 0 Å². The number of nitrogens with one attached hydrogen (secondary N) is 1. The first-order valence-corrected chi connectivity index (χ1v) is 10.2. The van der Waals surface area contributed by atoms with E-state index in [0.29, 0.717) is 30.4 Å². The number of methoxy groups -OCH3 is 1. The zero-order valence-electron chi connectivity index (χ0n) is 17.5. The van der Waals surface area contributed by atoms with Crippen LogP contribution in [0.15, 0.2) is 54.6 Å². The zero-order valence-corrected chi connectivity index (χ0v) is 17.5. The number of carbonyl (C=O) groups is 2. The summed E-state index contributed by atoms with van der Waals surface area (Å²) in [7, 11) is 1.56. The van der Waals surface area contributed by atoms with Gasteiger partial charge >= 0.3 is 0 Å². The summed E-state index contributed by atoms with van der Waals surface area (Å²) < 4.78 is 5.29. The molecule has 0 saturated carbocycles. The second-order valence-electron chi connectivity index (χ2n) is 8.20. The maximum atomic E-state index is 13.1. The Morgan fingerprint density at radius 1 is 1.03 bits per heavy atom. The number of piperidine rings is 1. The highest BCUT2D eigenvalue weighted by atomic mass is 16.5. The Hall–Kier alpha value is -2.82. The van der Waals surface area contributed by atoms with Crippen molar-refractivity contribution in [3.63, 3.8) is 0 Å². The average Bonchev–Trinajstić information content (AvgIpc) is 2.75. The van der Waals surface area contributed by atoms with Gasteiger partial charge in [0.25, 0.3) is 0 Å². The number of rotatable bonds is 6. The van der Waals surface area contributed by atoms with E-state index in [4.69, 9.17) is 4.74 Å². The molecule has 0 spiro atoms. The summed E-state index contributed by atoms with van der Waals surface area (Å²) in [6, 6.07) is 17.7. The van der Waals surface area contributed by atoms with Crippen LogP contribution in [0, 0.1) is 11.3 Å². The van der Waals surface area contributed by atoms with Crippen LogP contribution in [0.4, 0.5) is 5.69 Å². The molecule has 3 rings (SSSR count). The van der Waals surface area contributed by atoms with Gasteiger partial charge < -0.3 is 15.0 Å². The van der Waals surface area contributed by atoms with Crippen molar-refractivity contribution in [1.29, 1.82) is 0 Å². The quantitative estimate of drug-likeness (QED) is 0.749. The third-order valence-corrected chi connectivity index (χ3v) is 5.73. The van der Waals surface area contributed by atoms with Gasteiger partial charge in [-0.3, -0.25) is 9.59 Å². The summed E-state index contributed by atoms with van der Waals surface area (Å²) in [5, 5.41) is 2.85. The number of amides is 2. The molecule has 2 amide bonds. The van der Waals surface area contributed by atoms with Gasteiger partial charge in [-0.2, -0.15) is 0 Å². The lowest BCUT2D eigenvalue weighted by Crippen LogP contribution is -2.50. The first kappa shape index (κ1) is 20.9. The van der Waals surface area contributed by atoms with Crippen molar-refractivity contribution in [1.82, 2.24) is 4.90 Å². The molecule has 1 N–H and O–H groups in total. The van der Waals surface area contributed by atoms with Crippen molar-refractivity contribution in [3.05, 3.63) is 60.2 Å². The van der Waals surface area contributed by atoms with Crippen LogP contribution in [-0.4, -0.2) is 36.9 Å². The minimum atomic E-state index is -1.15. The minimum Gasteiger partial charge on any atom is -0.495 e. The Morgan fingerprint density at radius 2 is 1.66 bits per heavy atom. The van der Waals surface area contributed by atoms with Crippen LogP contribution in [0.3, 0.4) is 0 Å². The van der Waals surface area contributed by atoms with E-state index in [1.165, 1.54) is 5.56 Å². The molecule has 154 valence electrons. The molecule has 0 aliphatic carbocycles. The molecule has 0 unspecified atom stereocenters. The summed E-state index contributed by atoms with van der Waals surface area (Å²) in [6.07, 6.45) is 2.97. The van der Waals surface area contributed by atoms with Crippen LogP contribution in [0.5, 0.6) is 5.75 Å². The molecule has 29 heavy (non-hydrogen) atoms. The lowest BCUT2D eigenvalue weighted by molar-refractivity contribution is -0.147. The van der Waals surface area contributed by atoms with Gasteiger partial charge in [0.1, 0.15) is 11.2 Å². The van der Waals surface area contributed by atoms with E-state index in [1.54, 1.807) is 33.1 Å². The Morgan fingerprint density at radius 3 is 2.31 bits per heavy atom. The van der Waals surface area contributed by atoms with E-state index in [1.807, 2.05) is 23.1 Å². The molecule has 1 aliphatic rings.